The predicted molar refractivity (Wildman–Crippen MR) is 69.1 cm³/mol. The molecule has 6 radical (unpaired) electrons. The van der Waals surface area contributed by atoms with Gasteiger partial charge in [-0.25, -0.2) is 0 Å². The van der Waals surface area contributed by atoms with Gasteiger partial charge in [0, 0.05) is 28.4 Å². The SMILES string of the molecule is CCNC(C)C.CNC(C)(C)C.[B].[B]. The second kappa shape index (κ2) is 13.0. The molecule has 0 aromatic rings. The second-order valence-corrected chi connectivity index (χ2v) is 4.21. The van der Waals surface area contributed by atoms with Gasteiger partial charge in [0.25, 0.3) is 0 Å². The zero-order valence-electron chi connectivity index (χ0n) is 10.9. The van der Waals surface area contributed by atoms with Crippen LogP contribution in [0.25, 0.3) is 0 Å². The maximum absolute atomic E-state index is 3.21. The van der Waals surface area contributed by atoms with Crippen LogP contribution in [0.5, 0.6) is 0 Å². The summed E-state index contributed by atoms with van der Waals surface area (Å²) in [6, 6.07) is 0.648. The molecule has 0 bridgehead atoms. The predicted octanol–water partition coefficient (Wildman–Crippen LogP) is 1.25. The van der Waals surface area contributed by atoms with Crippen molar-refractivity contribution in [1.29, 1.82) is 0 Å². The molecule has 0 aromatic heterocycles. The largest absolute Gasteiger partial charge is 0.315 e. The van der Waals surface area contributed by atoms with Crippen molar-refractivity contribution in [3.63, 3.8) is 0 Å². The zero-order chi connectivity index (χ0) is 10.2. The van der Waals surface area contributed by atoms with Crippen molar-refractivity contribution in [3.8, 4) is 0 Å². The first-order valence-corrected chi connectivity index (χ1v) is 4.75. The smallest absolute Gasteiger partial charge is 0.00935 e. The van der Waals surface area contributed by atoms with Gasteiger partial charge in [-0.15, -0.1) is 0 Å². The highest BCUT2D eigenvalue weighted by Gasteiger charge is 2.01. The molecule has 0 fully saturated rings. The molecule has 0 spiro atoms. The van der Waals surface area contributed by atoms with Gasteiger partial charge in [0.2, 0.25) is 0 Å². The van der Waals surface area contributed by atoms with Gasteiger partial charge in [-0.3, -0.25) is 0 Å². The summed E-state index contributed by atoms with van der Waals surface area (Å²) in [7, 11) is 1.96. The molecule has 0 aromatic carbocycles. The number of hydrogen-bond acceptors (Lipinski definition) is 2. The molecule has 0 atom stereocenters. The van der Waals surface area contributed by atoms with Crippen LogP contribution < -0.4 is 10.6 Å². The average Bonchev–Trinajstić information content (AvgIpc) is 1.87. The van der Waals surface area contributed by atoms with Crippen LogP contribution in [0, 0.1) is 0 Å². The Labute approximate surface area is 94.8 Å². The maximum Gasteiger partial charge on any atom is 0.00935 e. The summed E-state index contributed by atoms with van der Waals surface area (Å²) in [5, 5.41) is 6.31. The van der Waals surface area contributed by atoms with Crippen LogP contribution in [0.3, 0.4) is 0 Å². The van der Waals surface area contributed by atoms with Gasteiger partial charge in [0.05, 0.1) is 0 Å². The van der Waals surface area contributed by atoms with Gasteiger partial charge >= 0.3 is 0 Å². The van der Waals surface area contributed by atoms with Gasteiger partial charge < -0.3 is 10.6 Å². The van der Waals surface area contributed by atoms with Crippen molar-refractivity contribution in [3.05, 3.63) is 0 Å². The highest BCUT2D eigenvalue weighted by molar-refractivity contribution is 5.76. The number of hydrogen-bond donors (Lipinski definition) is 2. The van der Waals surface area contributed by atoms with Crippen LogP contribution in [0.1, 0.15) is 41.5 Å². The Balaban J connectivity index is -0.0000000625. The van der Waals surface area contributed by atoms with E-state index in [1.54, 1.807) is 0 Å². The highest BCUT2D eigenvalue weighted by atomic mass is 14.9. The fourth-order valence-corrected chi connectivity index (χ4v) is 0.408. The molecule has 0 saturated carbocycles. The Hall–Kier alpha value is 0.0499. The van der Waals surface area contributed by atoms with Crippen LogP contribution >= 0.6 is 0 Å². The summed E-state index contributed by atoms with van der Waals surface area (Å²) in [5.41, 5.74) is 0.292. The lowest BCUT2D eigenvalue weighted by molar-refractivity contribution is 0.469. The molecule has 82 valence electrons. The second-order valence-electron chi connectivity index (χ2n) is 4.21. The van der Waals surface area contributed by atoms with E-state index in [-0.39, 0.29) is 16.8 Å². The highest BCUT2D eigenvalue weighted by Crippen LogP contribution is 1.93. The van der Waals surface area contributed by atoms with E-state index >= 15 is 0 Å². The van der Waals surface area contributed by atoms with Crippen molar-refractivity contribution >= 4 is 16.8 Å². The summed E-state index contributed by atoms with van der Waals surface area (Å²) in [6.07, 6.45) is 0. The fraction of sp³-hybridized carbons (Fsp3) is 1.00. The minimum Gasteiger partial charge on any atom is -0.315 e. The summed E-state index contributed by atoms with van der Waals surface area (Å²) in [4.78, 5) is 0. The zero-order valence-corrected chi connectivity index (χ0v) is 10.9. The molecule has 0 rings (SSSR count). The molecular formula is C10H26B2N2. The lowest BCUT2D eigenvalue weighted by Gasteiger charge is -2.15. The molecule has 0 aliphatic heterocycles. The third-order valence-corrected chi connectivity index (χ3v) is 1.36. The monoisotopic (exact) mass is 196 g/mol. The Bertz CT molecular complexity index is 90.6. The van der Waals surface area contributed by atoms with Crippen molar-refractivity contribution in [2.75, 3.05) is 13.6 Å². The van der Waals surface area contributed by atoms with Crippen LogP contribution in [0.2, 0.25) is 0 Å². The normalized spacial score (nSPS) is 9.43. The van der Waals surface area contributed by atoms with Gasteiger partial charge in [-0.2, -0.15) is 0 Å². The first-order valence-electron chi connectivity index (χ1n) is 4.75. The third kappa shape index (κ3) is 40.2. The molecule has 0 amide bonds. The summed E-state index contributed by atoms with van der Waals surface area (Å²) >= 11 is 0. The lowest BCUT2D eigenvalue weighted by Crippen LogP contribution is -2.31. The Morgan fingerprint density at radius 2 is 1.36 bits per heavy atom. The quantitative estimate of drug-likeness (QED) is 0.649. The lowest BCUT2D eigenvalue weighted by atomic mass is 10.1. The number of rotatable bonds is 2. The first kappa shape index (κ1) is 23.7. The van der Waals surface area contributed by atoms with E-state index in [0.717, 1.165) is 6.54 Å². The van der Waals surface area contributed by atoms with Crippen LogP contribution in [-0.2, 0) is 0 Å². The Morgan fingerprint density at radius 1 is 1.07 bits per heavy atom. The summed E-state index contributed by atoms with van der Waals surface area (Å²) < 4.78 is 0. The first-order chi connectivity index (χ1) is 5.33. The minimum atomic E-state index is 0. The van der Waals surface area contributed by atoms with Crippen LogP contribution in [0.15, 0.2) is 0 Å². The van der Waals surface area contributed by atoms with Gasteiger partial charge in [-0.05, 0) is 34.4 Å². The van der Waals surface area contributed by atoms with E-state index in [0.29, 0.717) is 11.6 Å². The summed E-state index contributed by atoms with van der Waals surface area (Å²) in [6.45, 7) is 13.9. The van der Waals surface area contributed by atoms with Crippen LogP contribution in [-0.4, -0.2) is 42.0 Å². The maximum atomic E-state index is 3.21. The number of nitrogens with one attached hydrogen (secondary N) is 2. The van der Waals surface area contributed by atoms with E-state index in [4.69, 9.17) is 0 Å². The molecule has 0 aliphatic carbocycles. The third-order valence-electron chi connectivity index (χ3n) is 1.36. The van der Waals surface area contributed by atoms with E-state index in [1.807, 2.05) is 7.05 Å². The molecule has 2 nitrogen and oxygen atoms in total. The molecule has 0 aliphatic rings. The average molecular weight is 196 g/mol. The molecule has 2 N–H and O–H groups in total. The minimum absolute atomic E-state index is 0. The van der Waals surface area contributed by atoms with E-state index in [2.05, 4.69) is 52.2 Å². The van der Waals surface area contributed by atoms with Gasteiger partial charge in [0.1, 0.15) is 0 Å². The van der Waals surface area contributed by atoms with Crippen molar-refractivity contribution in [1.82, 2.24) is 10.6 Å². The van der Waals surface area contributed by atoms with E-state index in [1.165, 1.54) is 0 Å². The topological polar surface area (TPSA) is 24.1 Å². The van der Waals surface area contributed by atoms with E-state index in [9.17, 15) is 0 Å². The molecule has 0 saturated heterocycles. The summed E-state index contributed by atoms with van der Waals surface area (Å²) in [5.74, 6) is 0. The van der Waals surface area contributed by atoms with Crippen LogP contribution in [0.4, 0.5) is 0 Å². The Kier molecular flexibility index (Phi) is 22.1. The fourth-order valence-electron chi connectivity index (χ4n) is 0.408. The van der Waals surface area contributed by atoms with E-state index < -0.39 is 0 Å². The van der Waals surface area contributed by atoms with Gasteiger partial charge in [-0.1, -0.05) is 20.8 Å². The molecule has 0 unspecified atom stereocenters. The molecule has 0 heterocycles. The standard InChI is InChI=1S/2C5H13N.2B/c1-5(2,3)6-4;1-4-6-5(2)3;;/h6H,1-4H3;5-6H,4H2,1-3H3;;. The van der Waals surface area contributed by atoms with Crippen molar-refractivity contribution in [2.24, 2.45) is 0 Å². The van der Waals surface area contributed by atoms with Crippen molar-refractivity contribution in [2.45, 2.75) is 53.1 Å². The Morgan fingerprint density at radius 3 is 1.36 bits per heavy atom. The van der Waals surface area contributed by atoms with Crippen molar-refractivity contribution < 1.29 is 0 Å². The molecule has 14 heavy (non-hydrogen) atoms. The molecular weight excluding hydrogens is 170 g/mol. The van der Waals surface area contributed by atoms with Gasteiger partial charge in [0.15, 0.2) is 0 Å². The molecule has 4 heteroatoms.